The summed E-state index contributed by atoms with van der Waals surface area (Å²) < 4.78 is 0.103. The van der Waals surface area contributed by atoms with Gasteiger partial charge in [0, 0.05) is 11.9 Å². The van der Waals surface area contributed by atoms with Gasteiger partial charge in [0.2, 0.25) is 0 Å². The number of rotatable bonds is 29. The number of allylic oxidation sites excluding steroid dienone is 1. The second-order valence-electron chi connectivity index (χ2n) is 12.7. The normalized spacial score (nSPS) is 15.4. The number of carbonyl (C=O) groups is 3. The molecule has 0 amide bonds. The Kier molecular flexibility index (Phi) is 23.5. The predicted octanol–water partition coefficient (Wildman–Crippen LogP) is 7.23. The Morgan fingerprint density at radius 2 is 0.927 bits per heavy atom. The van der Waals surface area contributed by atoms with Crippen LogP contribution in [0.15, 0.2) is 12.2 Å². The number of carboxylic acids is 3. The predicted molar refractivity (Wildman–Crippen MR) is 165 cm³/mol. The Hall–Kier alpha value is -1.89. The number of quaternary nitrogens is 1. The summed E-state index contributed by atoms with van der Waals surface area (Å²) >= 11 is 0. The molecule has 0 heterocycles. The zero-order valence-electron chi connectivity index (χ0n) is 26.9. The van der Waals surface area contributed by atoms with Crippen molar-refractivity contribution in [3.63, 3.8) is 0 Å². The number of unbranched alkanes of at least 4 members (excludes halogenated alkanes) is 17. The summed E-state index contributed by atoms with van der Waals surface area (Å²) in [6.07, 6.45) is 27.7. The average molecular weight is 582 g/mol. The summed E-state index contributed by atoms with van der Waals surface area (Å²) in [6, 6.07) is 0. The van der Waals surface area contributed by atoms with Gasteiger partial charge in [-0.25, -0.2) is 0 Å². The minimum atomic E-state index is -1.20. The number of aliphatic carboxylic acids is 3. The maximum atomic E-state index is 11.6. The molecule has 0 radical (unpaired) electrons. The summed E-state index contributed by atoms with van der Waals surface area (Å²) in [6.45, 7) is 7.88. The van der Waals surface area contributed by atoms with E-state index < -0.39 is 35.7 Å². The van der Waals surface area contributed by atoms with Crippen LogP contribution in [0.2, 0.25) is 0 Å². The van der Waals surface area contributed by atoms with E-state index in [1.54, 1.807) is 20.8 Å². The van der Waals surface area contributed by atoms with Crippen LogP contribution in [0.5, 0.6) is 0 Å². The summed E-state index contributed by atoms with van der Waals surface area (Å²) in [5.74, 6) is -5.39. The molecule has 0 saturated heterocycles. The first-order valence-corrected chi connectivity index (χ1v) is 16.7. The van der Waals surface area contributed by atoms with Gasteiger partial charge >= 0.3 is 11.9 Å². The van der Waals surface area contributed by atoms with Crippen molar-refractivity contribution < 1.29 is 34.2 Å². The highest BCUT2D eigenvalue weighted by Crippen LogP contribution is 2.20. The van der Waals surface area contributed by atoms with Gasteiger partial charge in [-0.2, -0.15) is 0 Å². The number of nitrogens with zero attached hydrogens (tertiary/aromatic N) is 1. The number of hydrogen-bond donors (Lipinski definition) is 2. The number of hydrogen-bond acceptors (Lipinski definition) is 4. The van der Waals surface area contributed by atoms with E-state index in [2.05, 4.69) is 13.0 Å². The largest absolute Gasteiger partial charge is 0.550 e. The van der Waals surface area contributed by atoms with Gasteiger partial charge in [-0.3, -0.25) is 9.59 Å². The van der Waals surface area contributed by atoms with Gasteiger partial charge in [-0.15, -0.1) is 0 Å². The van der Waals surface area contributed by atoms with Crippen LogP contribution < -0.4 is 5.11 Å². The van der Waals surface area contributed by atoms with Crippen molar-refractivity contribution >= 4 is 17.9 Å². The van der Waals surface area contributed by atoms with E-state index in [0.29, 0.717) is 6.54 Å². The van der Waals surface area contributed by atoms with Crippen molar-refractivity contribution in [1.82, 2.24) is 0 Å². The lowest BCUT2D eigenvalue weighted by Gasteiger charge is -2.42. The van der Waals surface area contributed by atoms with Crippen LogP contribution in [0.25, 0.3) is 0 Å². The molecule has 0 aromatic carbocycles. The molecule has 240 valence electrons. The molecule has 0 rings (SSSR count). The third kappa shape index (κ3) is 21.5. The second kappa shape index (κ2) is 24.7. The molecule has 7 heteroatoms. The molecule has 41 heavy (non-hydrogen) atoms. The Morgan fingerprint density at radius 1 is 0.585 bits per heavy atom. The van der Waals surface area contributed by atoms with Crippen molar-refractivity contribution in [2.75, 3.05) is 26.2 Å². The Morgan fingerprint density at radius 3 is 1.27 bits per heavy atom. The van der Waals surface area contributed by atoms with Crippen molar-refractivity contribution in [2.24, 2.45) is 17.8 Å². The van der Waals surface area contributed by atoms with Crippen LogP contribution in [0.3, 0.4) is 0 Å². The molecule has 0 aliphatic carbocycles. The molecule has 0 bridgehead atoms. The van der Waals surface area contributed by atoms with Gasteiger partial charge < -0.3 is 24.6 Å². The lowest BCUT2D eigenvalue weighted by molar-refractivity contribution is -0.929. The summed E-state index contributed by atoms with van der Waals surface area (Å²) in [4.78, 5) is 34.7. The molecular weight excluding hydrogens is 518 g/mol. The lowest BCUT2D eigenvalue weighted by atomic mass is 10.0. The van der Waals surface area contributed by atoms with Crippen molar-refractivity contribution in [2.45, 2.75) is 143 Å². The van der Waals surface area contributed by atoms with Crippen molar-refractivity contribution in [3.8, 4) is 0 Å². The minimum absolute atomic E-state index is 0.103. The maximum Gasteiger partial charge on any atom is 0.311 e. The topological polar surface area (TPSA) is 115 Å². The summed E-state index contributed by atoms with van der Waals surface area (Å²) in [7, 11) is 0. The summed E-state index contributed by atoms with van der Waals surface area (Å²) in [5, 5.41) is 30.5. The molecule has 0 aromatic heterocycles. The molecule has 7 nitrogen and oxygen atoms in total. The highest BCUT2D eigenvalue weighted by atomic mass is 16.4. The zero-order valence-corrected chi connectivity index (χ0v) is 26.9. The zero-order chi connectivity index (χ0) is 30.9. The fourth-order valence-electron chi connectivity index (χ4n) is 5.82. The van der Waals surface area contributed by atoms with Crippen LogP contribution >= 0.6 is 0 Å². The Labute approximate surface area is 251 Å². The van der Waals surface area contributed by atoms with Gasteiger partial charge in [0.15, 0.2) is 0 Å². The highest BCUT2D eigenvalue weighted by molar-refractivity contribution is 5.70. The third-order valence-electron chi connectivity index (χ3n) is 8.36. The molecule has 0 aromatic rings. The van der Waals surface area contributed by atoms with Gasteiger partial charge in [0.05, 0.1) is 26.2 Å². The molecule has 3 unspecified atom stereocenters. The second-order valence-corrected chi connectivity index (χ2v) is 12.7. The molecule has 2 N–H and O–H groups in total. The van der Waals surface area contributed by atoms with Crippen LogP contribution in [0, 0.1) is 17.8 Å². The first-order chi connectivity index (χ1) is 19.5. The summed E-state index contributed by atoms with van der Waals surface area (Å²) in [5.41, 5.74) is 0. The van der Waals surface area contributed by atoms with Crippen LogP contribution in [-0.4, -0.2) is 58.8 Å². The van der Waals surface area contributed by atoms with Gasteiger partial charge in [-0.05, 0) is 32.8 Å². The van der Waals surface area contributed by atoms with Crippen LogP contribution in [0.1, 0.15) is 143 Å². The average Bonchev–Trinajstić information content (AvgIpc) is 2.91. The van der Waals surface area contributed by atoms with E-state index in [4.69, 9.17) is 0 Å². The van der Waals surface area contributed by atoms with E-state index in [9.17, 15) is 29.7 Å². The van der Waals surface area contributed by atoms with Gasteiger partial charge in [0.25, 0.3) is 0 Å². The van der Waals surface area contributed by atoms with Crippen molar-refractivity contribution in [1.29, 1.82) is 0 Å². The fourth-order valence-corrected chi connectivity index (χ4v) is 5.82. The van der Waals surface area contributed by atoms with E-state index in [-0.39, 0.29) is 24.1 Å². The van der Waals surface area contributed by atoms with E-state index >= 15 is 0 Å². The highest BCUT2D eigenvalue weighted by Gasteiger charge is 2.36. The standard InChI is InChI=1S/C34H63NO6/c1-5-6-7-8-9-10-11-12-13-14-15-16-17-18-19-20-21-22-23-24-25-35(26-29(2)32(36)37,27-30(3)33(38)39)28-31(4)34(40)41/h23-24,29-31H,5-22,25-28H2,1-4H3,(H2-,36,37,38,39,40,41)/b24-23+. The monoisotopic (exact) mass is 581 g/mol. The van der Waals surface area contributed by atoms with Gasteiger partial charge in [0.1, 0.15) is 11.8 Å². The Bertz CT molecular complexity index is 667. The quantitative estimate of drug-likeness (QED) is 0.0547. The fraction of sp³-hybridized carbons (Fsp3) is 0.853. The molecule has 0 aliphatic rings. The molecule has 0 saturated carbocycles. The van der Waals surface area contributed by atoms with E-state index in [0.717, 1.165) is 12.8 Å². The molecular formula is C34H63NO6. The van der Waals surface area contributed by atoms with Gasteiger partial charge in [-0.1, -0.05) is 123 Å². The molecule has 3 atom stereocenters. The maximum absolute atomic E-state index is 11.6. The first kappa shape index (κ1) is 39.1. The van der Waals surface area contributed by atoms with E-state index in [1.165, 1.54) is 103 Å². The van der Waals surface area contributed by atoms with Crippen molar-refractivity contribution in [3.05, 3.63) is 12.2 Å². The van der Waals surface area contributed by atoms with E-state index in [1.807, 2.05) is 6.08 Å². The molecule has 0 aliphatic heterocycles. The number of carbonyl (C=O) groups excluding carboxylic acids is 1. The molecule has 0 fully saturated rings. The third-order valence-corrected chi connectivity index (χ3v) is 8.36. The Balaban J connectivity index is 4.31. The number of carboxylic acid groups (broad SMARTS) is 3. The smallest absolute Gasteiger partial charge is 0.311 e. The van der Waals surface area contributed by atoms with Crippen LogP contribution in [-0.2, 0) is 14.4 Å². The lowest BCUT2D eigenvalue weighted by Crippen LogP contribution is -2.58. The van der Waals surface area contributed by atoms with Crippen LogP contribution in [0.4, 0.5) is 0 Å². The molecule has 0 spiro atoms. The minimum Gasteiger partial charge on any atom is -0.550 e. The SMILES string of the molecule is CCCCCCCCCCCCCCCCCCC/C=C/C[N+](CC(C)C(=O)[O-])(CC(C)C(=O)O)CC(C)C(=O)O. The first-order valence-electron chi connectivity index (χ1n) is 16.7.